The van der Waals surface area contributed by atoms with E-state index in [0.29, 0.717) is 0 Å². The van der Waals surface area contributed by atoms with Gasteiger partial charge in [-0.05, 0) is 34.2 Å². The number of rotatable bonds is 3. The predicted octanol–water partition coefficient (Wildman–Crippen LogP) is 10.0. The SMILES string of the molecule is OC(c1ccccc1)c1ccccc1.[Cl][Ti][Cl].[c-]1c(-c2cccc3c2Cc2ccccc2-3)ccc2ccccc12. The minimum Gasteiger partial charge on any atom is -0.125 e. The van der Waals surface area contributed by atoms with Gasteiger partial charge in [0.1, 0.15) is 6.10 Å². The molecule has 1 N–H and O–H groups in total. The van der Waals surface area contributed by atoms with Crippen LogP contribution in [0.1, 0.15) is 28.4 Å². The molecule has 0 unspecified atom stereocenters. The molecule has 0 bridgehead atoms. The third kappa shape index (κ3) is 6.58. The number of fused-ring (bicyclic) bond motifs is 4. The molecular weight excluding hydrogens is 567 g/mol. The van der Waals surface area contributed by atoms with Gasteiger partial charge in [0.15, 0.2) is 0 Å². The zero-order valence-electron chi connectivity index (χ0n) is 21.8. The van der Waals surface area contributed by atoms with Gasteiger partial charge in [-0.15, -0.1) is 35.2 Å². The van der Waals surface area contributed by atoms with E-state index in [0.717, 1.165) is 17.5 Å². The summed E-state index contributed by atoms with van der Waals surface area (Å²) in [5.41, 5.74) is 9.97. The molecule has 0 saturated carbocycles. The van der Waals surface area contributed by atoms with E-state index in [-0.39, 0.29) is 0 Å². The molecule has 0 aromatic heterocycles. The first kappa shape index (κ1) is 28.4. The van der Waals surface area contributed by atoms with E-state index in [4.69, 9.17) is 18.6 Å². The van der Waals surface area contributed by atoms with Crippen LogP contribution in [0.5, 0.6) is 0 Å². The van der Waals surface area contributed by atoms with Gasteiger partial charge < -0.3 is 5.11 Å². The summed E-state index contributed by atoms with van der Waals surface area (Å²) in [5, 5.41) is 12.4. The van der Waals surface area contributed by atoms with Crippen molar-refractivity contribution >= 4 is 29.4 Å². The second-order valence-electron chi connectivity index (χ2n) is 9.42. The summed E-state index contributed by atoms with van der Waals surface area (Å²) < 4.78 is 0. The minimum absolute atomic E-state index is 0.516. The number of halogens is 2. The van der Waals surface area contributed by atoms with Crippen molar-refractivity contribution in [1.82, 2.24) is 0 Å². The average molecular weight is 594 g/mol. The third-order valence-corrected chi connectivity index (χ3v) is 7.03. The molecule has 1 aliphatic rings. The van der Waals surface area contributed by atoms with Crippen LogP contribution in [-0.4, -0.2) is 5.11 Å². The van der Waals surface area contributed by atoms with Gasteiger partial charge in [0.2, 0.25) is 0 Å². The maximum absolute atomic E-state index is 9.99. The van der Waals surface area contributed by atoms with Crippen LogP contribution in [0, 0.1) is 6.07 Å². The molecule has 6 aromatic rings. The number of aliphatic hydroxyl groups is 1. The fraction of sp³-hybridized carbons (Fsp3) is 0.0556. The Morgan fingerprint density at radius 1 is 0.575 bits per heavy atom. The Balaban J connectivity index is 0.000000163. The van der Waals surface area contributed by atoms with E-state index >= 15 is 0 Å². The maximum Gasteiger partial charge on any atom is -0.00777 e. The Labute approximate surface area is 252 Å². The van der Waals surface area contributed by atoms with Crippen molar-refractivity contribution < 1.29 is 22.1 Å². The molecule has 196 valence electrons. The molecule has 0 fully saturated rings. The first-order chi connectivity index (χ1) is 19.7. The van der Waals surface area contributed by atoms with E-state index in [2.05, 4.69) is 84.9 Å². The zero-order valence-corrected chi connectivity index (χ0v) is 24.8. The van der Waals surface area contributed by atoms with Crippen molar-refractivity contribution in [2.75, 3.05) is 0 Å². The zero-order chi connectivity index (χ0) is 27.7. The van der Waals surface area contributed by atoms with Crippen molar-refractivity contribution in [1.29, 1.82) is 0 Å². The van der Waals surface area contributed by atoms with Gasteiger partial charge in [-0.1, -0.05) is 138 Å². The Morgan fingerprint density at radius 2 is 1.12 bits per heavy atom. The minimum atomic E-state index is -0.556. The van der Waals surface area contributed by atoms with Crippen molar-refractivity contribution in [3.8, 4) is 22.3 Å². The molecule has 0 aliphatic heterocycles. The van der Waals surface area contributed by atoms with Crippen molar-refractivity contribution in [3.05, 3.63) is 168 Å². The summed E-state index contributed by atoms with van der Waals surface area (Å²) in [5.74, 6) is 0. The van der Waals surface area contributed by atoms with E-state index < -0.39 is 23.1 Å². The molecule has 4 heteroatoms. The molecule has 0 atom stereocenters. The molecule has 0 radical (unpaired) electrons. The van der Waals surface area contributed by atoms with Crippen LogP contribution in [0.25, 0.3) is 33.0 Å². The van der Waals surface area contributed by atoms with Crippen LogP contribution in [0.15, 0.2) is 140 Å². The normalized spacial score (nSPS) is 11.0. The largest absolute Gasteiger partial charge is 0.125 e. The monoisotopic (exact) mass is 593 g/mol. The van der Waals surface area contributed by atoms with E-state index in [1.165, 1.54) is 44.2 Å². The molecular formula is C36H27Cl2OTi-. The topological polar surface area (TPSA) is 20.2 Å². The van der Waals surface area contributed by atoms with Gasteiger partial charge in [-0.2, -0.15) is 0 Å². The molecule has 6 aromatic carbocycles. The standard InChI is InChI=1S/C23H15.C13H12O.2ClH.Ti/c1-2-7-17-14-19(13-12-16(17)6-1)21-10-5-11-22-20-9-4-3-8-18(20)15-23(21)22;14-13(11-7-3-1-4-8-11)12-9-5-2-6-10-12;;;/h1-13H,15H2;1-10,13-14H;2*1H;/q-1;;;;+2/p-2. The summed E-state index contributed by atoms with van der Waals surface area (Å²) in [6.07, 6.45) is 0.500. The number of aliphatic hydroxyl groups excluding tert-OH is 1. The van der Waals surface area contributed by atoms with Gasteiger partial charge in [0, 0.05) is 0 Å². The molecule has 0 amide bonds. The van der Waals surface area contributed by atoms with Crippen LogP contribution in [0.2, 0.25) is 0 Å². The van der Waals surface area contributed by atoms with Crippen LogP contribution in [0.3, 0.4) is 0 Å². The van der Waals surface area contributed by atoms with Gasteiger partial charge in [-0.25, -0.2) is 0 Å². The first-order valence-corrected chi connectivity index (χ1v) is 17.3. The van der Waals surface area contributed by atoms with E-state index in [1.807, 2.05) is 60.7 Å². The van der Waals surface area contributed by atoms with Crippen LogP contribution < -0.4 is 0 Å². The smallest absolute Gasteiger partial charge is 0.00777 e. The van der Waals surface area contributed by atoms with Crippen LogP contribution >= 0.6 is 18.6 Å². The quantitative estimate of drug-likeness (QED) is 0.160. The molecule has 1 nitrogen and oxygen atoms in total. The summed E-state index contributed by atoms with van der Waals surface area (Å²) in [6.45, 7) is 0. The molecule has 40 heavy (non-hydrogen) atoms. The summed E-state index contributed by atoms with van der Waals surface area (Å²) in [6, 6.07) is 51.1. The Morgan fingerprint density at radius 3 is 1.82 bits per heavy atom. The fourth-order valence-electron chi connectivity index (χ4n) is 5.15. The van der Waals surface area contributed by atoms with E-state index in [9.17, 15) is 5.11 Å². The Bertz CT molecular complexity index is 1650. The number of hydrogen-bond donors (Lipinski definition) is 1. The van der Waals surface area contributed by atoms with Gasteiger partial charge in [0.25, 0.3) is 0 Å². The Kier molecular flexibility index (Phi) is 9.89. The van der Waals surface area contributed by atoms with Crippen LogP contribution in [-0.2, 0) is 23.5 Å². The van der Waals surface area contributed by atoms with Gasteiger partial charge >= 0.3 is 35.6 Å². The Hall–Kier alpha value is -3.17. The molecule has 0 saturated heterocycles. The fourth-order valence-corrected chi connectivity index (χ4v) is 5.15. The predicted molar refractivity (Wildman–Crippen MR) is 165 cm³/mol. The average Bonchev–Trinajstić information content (AvgIpc) is 3.41. The van der Waals surface area contributed by atoms with Gasteiger partial charge in [-0.3, -0.25) is 0 Å². The molecule has 0 spiro atoms. The van der Waals surface area contributed by atoms with E-state index in [1.54, 1.807) is 0 Å². The second-order valence-corrected chi connectivity index (χ2v) is 12.0. The maximum atomic E-state index is 9.99. The molecule has 1 aliphatic carbocycles. The summed E-state index contributed by atoms with van der Waals surface area (Å²) in [4.78, 5) is 0. The van der Waals surface area contributed by atoms with Crippen molar-refractivity contribution in [2.45, 2.75) is 12.5 Å². The van der Waals surface area contributed by atoms with Crippen molar-refractivity contribution in [2.24, 2.45) is 0 Å². The molecule has 7 rings (SSSR count). The number of hydrogen-bond acceptors (Lipinski definition) is 1. The number of benzene rings is 6. The molecule has 0 heterocycles. The first-order valence-electron chi connectivity index (χ1n) is 13.1. The summed E-state index contributed by atoms with van der Waals surface area (Å²) in [7, 11) is 9.78. The third-order valence-electron chi connectivity index (χ3n) is 7.03. The summed E-state index contributed by atoms with van der Waals surface area (Å²) >= 11 is -0.556. The van der Waals surface area contributed by atoms with Gasteiger partial charge in [0.05, 0.1) is 0 Å². The van der Waals surface area contributed by atoms with Crippen molar-refractivity contribution in [3.63, 3.8) is 0 Å². The second kappa shape index (κ2) is 13.9. The van der Waals surface area contributed by atoms with Crippen LogP contribution in [0.4, 0.5) is 0 Å².